The summed E-state index contributed by atoms with van der Waals surface area (Å²) in [6, 6.07) is 7.09. The van der Waals surface area contributed by atoms with Crippen molar-refractivity contribution >= 4 is 28.5 Å². The van der Waals surface area contributed by atoms with Gasteiger partial charge in [0, 0.05) is 11.9 Å². The van der Waals surface area contributed by atoms with E-state index in [0.717, 1.165) is 11.6 Å². The molecule has 0 bridgehead atoms. The lowest BCUT2D eigenvalue weighted by Gasteiger charge is -2.03. The van der Waals surface area contributed by atoms with Crippen LogP contribution in [-0.4, -0.2) is 16.5 Å². The zero-order valence-corrected chi connectivity index (χ0v) is 11.4. The van der Waals surface area contributed by atoms with Crippen LogP contribution < -0.4 is 5.32 Å². The minimum atomic E-state index is -0.540. The molecule has 3 aromatic rings. The van der Waals surface area contributed by atoms with E-state index in [9.17, 15) is 4.39 Å². The third-order valence-electron chi connectivity index (χ3n) is 2.81. The van der Waals surface area contributed by atoms with Gasteiger partial charge in [-0.15, -0.1) is 0 Å². The summed E-state index contributed by atoms with van der Waals surface area (Å²) in [7, 11) is 0. The molecule has 0 unspecified atom stereocenters. The minimum Gasteiger partial charge on any atom is -0.453 e. The van der Waals surface area contributed by atoms with Crippen LogP contribution in [0.2, 0.25) is 5.02 Å². The van der Waals surface area contributed by atoms with E-state index in [1.165, 1.54) is 0 Å². The summed E-state index contributed by atoms with van der Waals surface area (Å²) in [4.78, 5) is 7.98. The Morgan fingerprint density at radius 3 is 3.00 bits per heavy atom. The normalized spacial score (nSPS) is 10.9. The monoisotopic (exact) mass is 291 g/mol. The molecular formula is C14H11ClFN3O. The number of anilines is 1. The van der Waals surface area contributed by atoms with Crippen LogP contribution in [0.1, 0.15) is 6.92 Å². The second-order valence-corrected chi connectivity index (χ2v) is 4.60. The van der Waals surface area contributed by atoms with Gasteiger partial charge in [-0.2, -0.15) is 0 Å². The third kappa shape index (κ3) is 2.20. The number of benzene rings is 1. The molecule has 20 heavy (non-hydrogen) atoms. The van der Waals surface area contributed by atoms with Crippen LogP contribution in [0.4, 0.5) is 10.3 Å². The molecule has 1 N–H and O–H groups in total. The molecule has 0 fully saturated rings. The maximum Gasteiger partial charge on any atom is 0.223 e. The topological polar surface area (TPSA) is 51.0 Å². The molecule has 102 valence electrons. The Hall–Kier alpha value is -2.14. The predicted octanol–water partition coefficient (Wildman–Crippen LogP) is 4.11. The lowest BCUT2D eigenvalue weighted by Crippen LogP contribution is -2.03. The van der Waals surface area contributed by atoms with Gasteiger partial charge >= 0.3 is 0 Å². The standard InChI is InChI=1S/C14H11ClFN3O/c1-2-17-14-18-7-10(16)12(19-14)11-6-8-4-3-5-9(15)13(8)20-11/h3-7H,2H2,1H3,(H,17,18,19). The number of fused-ring (bicyclic) bond motifs is 1. The van der Waals surface area contributed by atoms with Crippen LogP contribution in [0, 0.1) is 5.82 Å². The molecule has 1 aromatic carbocycles. The number of halogens is 2. The van der Waals surface area contributed by atoms with E-state index in [1.54, 1.807) is 12.1 Å². The van der Waals surface area contributed by atoms with Crippen LogP contribution in [-0.2, 0) is 0 Å². The summed E-state index contributed by atoms with van der Waals surface area (Å²) in [5, 5.41) is 4.22. The van der Waals surface area contributed by atoms with Gasteiger partial charge in [-0.05, 0) is 19.1 Å². The van der Waals surface area contributed by atoms with E-state index in [-0.39, 0.29) is 5.69 Å². The Balaban J connectivity index is 2.14. The van der Waals surface area contributed by atoms with Crippen molar-refractivity contribution in [3.8, 4) is 11.5 Å². The number of rotatable bonds is 3. The van der Waals surface area contributed by atoms with Crippen molar-refractivity contribution in [2.75, 3.05) is 11.9 Å². The summed E-state index contributed by atoms with van der Waals surface area (Å²) in [5.41, 5.74) is 0.635. The third-order valence-corrected chi connectivity index (χ3v) is 3.11. The molecule has 0 aliphatic rings. The lowest BCUT2D eigenvalue weighted by molar-refractivity contribution is 0.590. The van der Waals surface area contributed by atoms with Gasteiger partial charge in [0.25, 0.3) is 0 Å². The maximum absolute atomic E-state index is 13.9. The lowest BCUT2D eigenvalue weighted by atomic mass is 10.2. The second kappa shape index (κ2) is 5.09. The predicted molar refractivity (Wildman–Crippen MR) is 76.4 cm³/mol. The van der Waals surface area contributed by atoms with Crippen LogP contribution in [0.15, 0.2) is 34.9 Å². The average molecular weight is 292 g/mol. The summed E-state index contributed by atoms with van der Waals surface area (Å²) in [5.74, 6) is 0.143. The van der Waals surface area contributed by atoms with Gasteiger partial charge in [0.05, 0.1) is 11.2 Å². The summed E-state index contributed by atoms with van der Waals surface area (Å²) in [6.07, 6.45) is 1.12. The molecule has 0 spiro atoms. The molecule has 0 amide bonds. The quantitative estimate of drug-likeness (QED) is 0.789. The van der Waals surface area contributed by atoms with Gasteiger partial charge in [-0.3, -0.25) is 0 Å². The Morgan fingerprint density at radius 1 is 1.40 bits per heavy atom. The van der Waals surface area contributed by atoms with Gasteiger partial charge in [-0.1, -0.05) is 23.7 Å². The summed E-state index contributed by atoms with van der Waals surface area (Å²) in [6.45, 7) is 2.56. The number of para-hydroxylation sites is 1. The number of hydrogen-bond donors (Lipinski definition) is 1. The van der Waals surface area contributed by atoms with Gasteiger partial charge in [0.1, 0.15) is 5.69 Å². The van der Waals surface area contributed by atoms with Crippen molar-refractivity contribution in [2.45, 2.75) is 6.92 Å². The van der Waals surface area contributed by atoms with Crippen LogP contribution in [0.5, 0.6) is 0 Å². The SMILES string of the molecule is CCNc1ncc(F)c(-c2cc3cccc(Cl)c3o2)n1. The average Bonchev–Trinajstić information content (AvgIpc) is 2.86. The van der Waals surface area contributed by atoms with Gasteiger partial charge < -0.3 is 9.73 Å². The fourth-order valence-electron chi connectivity index (χ4n) is 1.93. The van der Waals surface area contributed by atoms with Crippen LogP contribution in [0.25, 0.3) is 22.4 Å². The molecule has 2 aromatic heterocycles. The Kier molecular flexibility index (Phi) is 3.28. The smallest absolute Gasteiger partial charge is 0.223 e. The Labute approximate surface area is 119 Å². The van der Waals surface area contributed by atoms with Crippen molar-refractivity contribution in [1.82, 2.24) is 9.97 Å². The van der Waals surface area contributed by atoms with Crippen molar-refractivity contribution in [3.05, 3.63) is 41.3 Å². The molecule has 0 atom stereocenters. The minimum absolute atomic E-state index is 0.114. The first-order valence-corrected chi connectivity index (χ1v) is 6.51. The second-order valence-electron chi connectivity index (χ2n) is 4.19. The van der Waals surface area contributed by atoms with Gasteiger partial charge in [0.15, 0.2) is 17.2 Å². The summed E-state index contributed by atoms with van der Waals surface area (Å²) >= 11 is 6.05. The first-order chi connectivity index (χ1) is 9.69. The highest BCUT2D eigenvalue weighted by atomic mass is 35.5. The van der Waals surface area contributed by atoms with Crippen molar-refractivity contribution in [3.63, 3.8) is 0 Å². The highest BCUT2D eigenvalue weighted by Crippen LogP contribution is 2.32. The van der Waals surface area contributed by atoms with Crippen LogP contribution in [0.3, 0.4) is 0 Å². The van der Waals surface area contributed by atoms with E-state index in [4.69, 9.17) is 16.0 Å². The number of aromatic nitrogens is 2. The highest BCUT2D eigenvalue weighted by Gasteiger charge is 2.15. The molecule has 2 heterocycles. The number of nitrogens with zero attached hydrogens (tertiary/aromatic N) is 2. The van der Waals surface area contributed by atoms with Gasteiger partial charge in [0.2, 0.25) is 5.95 Å². The molecule has 3 rings (SSSR count). The van der Waals surface area contributed by atoms with E-state index >= 15 is 0 Å². The molecule has 0 radical (unpaired) electrons. The zero-order chi connectivity index (χ0) is 14.1. The number of hydrogen-bond acceptors (Lipinski definition) is 4. The summed E-state index contributed by atoms with van der Waals surface area (Å²) < 4.78 is 19.5. The Morgan fingerprint density at radius 2 is 2.25 bits per heavy atom. The first kappa shape index (κ1) is 12.9. The first-order valence-electron chi connectivity index (χ1n) is 6.14. The van der Waals surface area contributed by atoms with Crippen molar-refractivity contribution < 1.29 is 8.81 Å². The fraction of sp³-hybridized carbons (Fsp3) is 0.143. The van der Waals surface area contributed by atoms with Crippen LogP contribution >= 0.6 is 11.6 Å². The molecule has 0 aliphatic heterocycles. The van der Waals surface area contributed by atoms with Crippen molar-refractivity contribution in [1.29, 1.82) is 0 Å². The molecule has 0 aliphatic carbocycles. The van der Waals surface area contributed by atoms with E-state index < -0.39 is 5.82 Å². The largest absolute Gasteiger partial charge is 0.453 e. The molecule has 6 heteroatoms. The maximum atomic E-state index is 13.9. The number of nitrogens with one attached hydrogen (secondary N) is 1. The molecular weight excluding hydrogens is 281 g/mol. The van der Waals surface area contributed by atoms with E-state index in [0.29, 0.717) is 28.9 Å². The zero-order valence-electron chi connectivity index (χ0n) is 10.7. The highest BCUT2D eigenvalue weighted by molar-refractivity contribution is 6.34. The Bertz CT molecular complexity index is 772. The van der Waals surface area contributed by atoms with E-state index in [2.05, 4.69) is 15.3 Å². The van der Waals surface area contributed by atoms with Gasteiger partial charge in [-0.25, -0.2) is 14.4 Å². The molecule has 4 nitrogen and oxygen atoms in total. The fourth-order valence-corrected chi connectivity index (χ4v) is 2.15. The van der Waals surface area contributed by atoms with Crippen molar-refractivity contribution in [2.24, 2.45) is 0 Å². The van der Waals surface area contributed by atoms with E-state index in [1.807, 2.05) is 19.1 Å². The molecule has 0 saturated carbocycles. The molecule has 0 saturated heterocycles. The number of furan rings is 1.